The molecule has 73 heavy (non-hydrogen) atoms. The fourth-order valence-corrected chi connectivity index (χ4v) is 12.6. The van der Waals surface area contributed by atoms with Crippen LogP contribution in [0, 0.1) is 18.8 Å². The number of pyridine rings is 1. The maximum Gasteiger partial charge on any atom is 0.355 e. The van der Waals surface area contributed by atoms with Crippen molar-refractivity contribution in [1.82, 2.24) is 30.0 Å². The van der Waals surface area contributed by atoms with Gasteiger partial charge in [-0.25, -0.2) is 14.8 Å². The molecule has 7 aromatic rings. The number of thiazole rings is 1. The predicted molar refractivity (Wildman–Crippen MR) is 285 cm³/mol. The van der Waals surface area contributed by atoms with E-state index in [1.165, 1.54) is 17.8 Å². The molecule has 3 aliphatic heterocycles. The quantitative estimate of drug-likeness (QED) is 0.0936. The number of hydrogen-bond acceptors (Lipinski definition) is 12. The summed E-state index contributed by atoms with van der Waals surface area (Å²) in [5, 5.41) is 22.3. The third-order valence-electron chi connectivity index (χ3n) is 15.6. The standard InChI is InChI=1S/C57H61N9O6S/c1-34(32-64-26-28-65(29-27-64)38-16-19-43-47(31-38)63(3)62-52(43)44-21-23-51(67)60-55(44)69)30-36-14-17-39(18-15-36)72-48-12-7-9-40(35(48)2)41-20-22-50(59-53(41)56(70)71)66-25-24-37-8-6-10-42(45(37)33-66)54(68)61-57-58-46-11-4-5-13-49(46)73-57/h4-13,16,19-20,22,31,34,36,39,44H,14-15,17-18,21,23-30,32-33H2,1-3H3,(H,70,71)(H,58,61,68)(H,60,67,69)/t34-,36?,39?,44?/m1/s1. The zero-order chi connectivity index (χ0) is 50.3. The lowest BCUT2D eigenvalue weighted by molar-refractivity contribution is -0.134. The van der Waals surface area contributed by atoms with E-state index in [2.05, 4.69) is 50.5 Å². The Kier molecular flexibility index (Phi) is 13.4. The fraction of sp³-hybridized carbons (Fsp3) is 0.386. The maximum absolute atomic E-state index is 13.7. The highest BCUT2D eigenvalue weighted by atomic mass is 32.1. The van der Waals surface area contributed by atoms with Crippen LogP contribution in [0.25, 0.3) is 32.2 Å². The van der Waals surface area contributed by atoms with Crippen LogP contribution in [-0.2, 0) is 29.6 Å². The first-order valence-electron chi connectivity index (χ1n) is 25.7. The number of nitrogens with zero attached hydrogens (tertiary/aromatic N) is 7. The lowest BCUT2D eigenvalue weighted by Crippen LogP contribution is -2.47. The molecule has 1 unspecified atom stereocenters. The molecular weight excluding hydrogens is 939 g/mol. The number of nitrogens with one attached hydrogen (secondary N) is 2. The van der Waals surface area contributed by atoms with Crippen molar-refractivity contribution in [2.24, 2.45) is 18.9 Å². The van der Waals surface area contributed by atoms with Crippen LogP contribution in [0.3, 0.4) is 0 Å². The smallest absolute Gasteiger partial charge is 0.355 e. The van der Waals surface area contributed by atoms with E-state index in [4.69, 9.17) is 14.8 Å². The first-order valence-corrected chi connectivity index (χ1v) is 26.5. The molecule has 4 aromatic carbocycles. The molecule has 11 rings (SSSR count). The van der Waals surface area contributed by atoms with Crippen molar-refractivity contribution in [3.63, 3.8) is 0 Å². The van der Waals surface area contributed by atoms with Crippen LogP contribution in [0.15, 0.2) is 91.0 Å². The highest BCUT2D eigenvalue weighted by molar-refractivity contribution is 7.22. The van der Waals surface area contributed by atoms with E-state index in [-0.39, 0.29) is 29.5 Å². The number of imide groups is 1. The molecule has 3 fully saturated rings. The monoisotopic (exact) mass is 999 g/mol. The van der Waals surface area contributed by atoms with Crippen molar-refractivity contribution in [3.05, 3.63) is 125 Å². The summed E-state index contributed by atoms with van der Waals surface area (Å²) in [6.45, 7) is 10.4. The number of piperidine rings is 1. The van der Waals surface area contributed by atoms with Crippen molar-refractivity contribution in [3.8, 4) is 16.9 Å². The van der Waals surface area contributed by atoms with Crippen molar-refractivity contribution < 1.29 is 29.0 Å². The Labute approximate surface area is 428 Å². The third-order valence-corrected chi connectivity index (χ3v) is 16.5. The molecule has 0 bridgehead atoms. The predicted octanol–water partition coefficient (Wildman–Crippen LogP) is 9.37. The van der Waals surface area contributed by atoms with Crippen molar-refractivity contribution in [1.29, 1.82) is 0 Å². The van der Waals surface area contributed by atoms with Crippen LogP contribution in [0.5, 0.6) is 5.75 Å². The number of anilines is 3. The lowest BCUT2D eigenvalue weighted by atomic mass is 9.82. The maximum atomic E-state index is 13.7. The van der Waals surface area contributed by atoms with E-state index < -0.39 is 11.9 Å². The first kappa shape index (κ1) is 48.1. The topological polar surface area (TPSA) is 175 Å². The number of carboxylic acid groups (broad SMARTS) is 1. The molecule has 4 aliphatic rings. The van der Waals surface area contributed by atoms with Crippen LogP contribution < -0.4 is 25.2 Å². The van der Waals surface area contributed by atoms with Crippen LogP contribution in [0.2, 0.25) is 0 Å². The van der Waals surface area contributed by atoms with Gasteiger partial charge in [-0.05, 0) is 141 Å². The first-order chi connectivity index (χ1) is 35.4. The zero-order valence-electron chi connectivity index (χ0n) is 41.6. The Hall–Kier alpha value is -7.17. The van der Waals surface area contributed by atoms with E-state index in [0.717, 1.165) is 119 Å². The van der Waals surface area contributed by atoms with Gasteiger partial charge in [0, 0.05) is 81.5 Å². The number of rotatable bonds is 13. The molecule has 1 aliphatic carbocycles. The summed E-state index contributed by atoms with van der Waals surface area (Å²) < 4.78 is 9.57. The summed E-state index contributed by atoms with van der Waals surface area (Å²) in [5.41, 5.74) is 8.49. The molecule has 3 aromatic heterocycles. The number of ether oxygens (including phenoxy) is 1. The molecule has 2 saturated heterocycles. The third kappa shape index (κ3) is 10.0. The van der Waals surface area contributed by atoms with E-state index in [1.54, 1.807) is 0 Å². The number of benzene rings is 4. The van der Waals surface area contributed by atoms with Crippen molar-refractivity contribution in [2.45, 2.75) is 83.8 Å². The molecule has 376 valence electrons. The second kappa shape index (κ2) is 20.4. The van der Waals surface area contributed by atoms with E-state index in [9.17, 15) is 24.3 Å². The van der Waals surface area contributed by atoms with Crippen molar-refractivity contribution in [2.75, 3.05) is 54.4 Å². The normalized spacial score (nSPS) is 20.0. The van der Waals surface area contributed by atoms with Crippen LogP contribution in [0.1, 0.15) is 101 Å². The van der Waals surface area contributed by atoms with Crippen LogP contribution >= 0.6 is 11.3 Å². The number of carbonyl (C=O) groups excluding carboxylic acids is 3. The van der Waals surface area contributed by atoms with Gasteiger partial charge in [-0.1, -0.05) is 54.7 Å². The van der Waals surface area contributed by atoms with Gasteiger partial charge >= 0.3 is 5.97 Å². The summed E-state index contributed by atoms with van der Waals surface area (Å²) in [4.78, 5) is 67.4. The number of piperazine rings is 1. The summed E-state index contributed by atoms with van der Waals surface area (Å²) in [7, 11) is 1.92. The average Bonchev–Trinajstić information content (AvgIpc) is 3.96. The number of carboxylic acids is 1. The Bertz CT molecular complexity index is 3230. The Balaban J connectivity index is 0.672. The number of aromatic carboxylic acids is 1. The largest absolute Gasteiger partial charge is 0.490 e. The molecule has 15 nitrogen and oxygen atoms in total. The van der Waals surface area contributed by atoms with Gasteiger partial charge < -0.3 is 19.6 Å². The van der Waals surface area contributed by atoms with Gasteiger partial charge in [-0.15, -0.1) is 0 Å². The molecular formula is C57H61N9O6S. The number of aromatic nitrogens is 4. The number of para-hydroxylation sites is 1. The molecule has 6 heterocycles. The van der Waals surface area contributed by atoms with Crippen LogP contribution in [-0.4, -0.2) is 98.8 Å². The second-order valence-electron chi connectivity index (χ2n) is 20.5. The minimum absolute atomic E-state index is 0.0204. The summed E-state index contributed by atoms with van der Waals surface area (Å²) >= 11 is 1.44. The SMILES string of the molecule is Cc1c(OC2CCC(C[C@@H](C)CN3CCN(c4ccc5c(C6CCC(=O)NC6=O)nn(C)c5c4)CC3)CC2)cccc1-c1ccc(N2CCc3cccc(C(=O)Nc4nc5ccccc5s4)c3C2)nc1C(=O)O. The van der Waals surface area contributed by atoms with E-state index >= 15 is 0 Å². The highest BCUT2D eigenvalue weighted by Crippen LogP contribution is 2.38. The molecule has 3 N–H and O–H groups in total. The molecule has 2 atom stereocenters. The van der Waals surface area contributed by atoms with Gasteiger partial charge in [0.1, 0.15) is 11.6 Å². The molecule has 0 spiro atoms. The lowest BCUT2D eigenvalue weighted by Gasteiger charge is -2.38. The highest BCUT2D eigenvalue weighted by Gasteiger charge is 2.33. The van der Waals surface area contributed by atoms with E-state index in [1.807, 2.05) is 96.3 Å². The molecule has 3 amide bonds. The number of fused-ring (bicyclic) bond motifs is 3. The number of aryl methyl sites for hydroxylation is 1. The van der Waals surface area contributed by atoms with Gasteiger partial charge in [0.25, 0.3) is 5.91 Å². The van der Waals surface area contributed by atoms with Gasteiger partial charge in [0.2, 0.25) is 11.8 Å². The van der Waals surface area contributed by atoms with E-state index in [0.29, 0.717) is 66.3 Å². The zero-order valence-corrected chi connectivity index (χ0v) is 42.4. The number of hydrogen-bond donors (Lipinski definition) is 3. The van der Waals surface area contributed by atoms with Crippen LogP contribution in [0.4, 0.5) is 16.6 Å². The second-order valence-corrected chi connectivity index (χ2v) is 21.5. The fourth-order valence-electron chi connectivity index (χ4n) is 11.7. The minimum Gasteiger partial charge on any atom is -0.490 e. The Morgan fingerprint density at radius 3 is 2.47 bits per heavy atom. The Morgan fingerprint density at radius 2 is 1.67 bits per heavy atom. The van der Waals surface area contributed by atoms with Gasteiger partial charge in [0.15, 0.2) is 10.8 Å². The van der Waals surface area contributed by atoms with Gasteiger partial charge in [-0.2, -0.15) is 5.10 Å². The summed E-state index contributed by atoms with van der Waals surface area (Å²) in [5.74, 6) is 0.339. The minimum atomic E-state index is -1.10. The molecule has 0 radical (unpaired) electrons. The average molecular weight is 1000 g/mol. The molecule has 1 saturated carbocycles. The van der Waals surface area contributed by atoms with Gasteiger partial charge in [0.05, 0.1) is 33.4 Å². The van der Waals surface area contributed by atoms with Gasteiger partial charge in [-0.3, -0.25) is 34.6 Å². The number of amides is 3. The Morgan fingerprint density at radius 1 is 0.863 bits per heavy atom. The summed E-state index contributed by atoms with van der Waals surface area (Å²) in [6.07, 6.45) is 7.00. The summed E-state index contributed by atoms with van der Waals surface area (Å²) in [6, 6.07) is 29.6. The number of carbonyl (C=O) groups is 4. The van der Waals surface area contributed by atoms with Crippen molar-refractivity contribution >= 4 is 72.8 Å². The molecule has 16 heteroatoms.